The van der Waals surface area contributed by atoms with Gasteiger partial charge in [-0.15, -0.1) is 0 Å². The van der Waals surface area contributed by atoms with Gasteiger partial charge in [-0.05, 0) is 64.4 Å². The average molecular weight is 380 g/mol. The quantitative estimate of drug-likeness (QED) is 0.493. The average Bonchev–Trinajstić information content (AvgIpc) is 3.23. The Bertz CT molecular complexity index is 937. The van der Waals surface area contributed by atoms with Gasteiger partial charge in [-0.2, -0.15) is 11.3 Å². The lowest BCUT2D eigenvalue weighted by molar-refractivity contribution is -0.118. The normalized spacial score (nSPS) is 10.3. The molecule has 2 aromatic carbocycles. The number of anilines is 3. The minimum absolute atomic E-state index is 0.113. The molecule has 6 nitrogen and oxygen atoms in total. The highest BCUT2D eigenvalue weighted by atomic mass is 32.1. The van der Waals surface area contributed by atoms with Gasteiger partial charge in [0.05, 0.1) is 17.9 Å². The number of nitrogens with one attached hydrogen (secondary N) is 3. The Kier molecular flexibility index (Phi) is 5.73. The third-order valence-corrected chi connectivity index (χ3v) is 4.72. The third kappa shape index (κ3) is 4.65. The van der Waals surface area contributed by atoms with Crippen molar-refractivity contribution < 1.29 is 9.59 Å². The fourth-order valence-corrected chi connectivity index (χ4v) is 3.14. The molecule has 0 radical (unpaired) electrons. The smallest absolute Gasteiger partial charge is 0.255 e. The zero-order valence-corrected chi connectivity index (χ0v) is 15.6. The van der Waals surface area contributed by atoms with E-state index in [1.807, 2.05) is 29.0 Å². The summed E-state index contributed by atoms with van der Waals surface area (Å²) in [6, 6.07) is 14.5. The second-order valence-corrected chi connectivity index (χ2v) is 6.65. The van der Waals surface area contributed by atoms with Crippen LogP contribution in [0.1, 0.15) is 10.4 Å². The monoisotopic (exact) mass is 380 g/mol. The van der Waals surface area contributed by atoms with E-state index < -0.39 is 0 Å². The molecule has 1 aromatic heterocycles. The molecule has 0 spiro atoms. The van der Waals surface area contributed by atoms with Crippen molar-refractivity contribution in [1.29, 1.82) is 0 Å². The van der Waals surface area contributed by atoms with Gasteiger partial charge < -0.3 is 21.7 Å². The van der Waals surface area contributed by atoms with Crippen LogP contribution in [0.15, 0.2) is 59.3 Å². The van der Waals surface area contributed by atoms with E-state index >= 15 is 0 Å². The van der Waals surface area contributed by atoms with Crippen molar-refractivity contribution in [2.24, 2.45) is 0 Å². The Balaban J connectivity index is 1.70. The lowest BCUT2D eigenvalue weighted by atomic mass is 10.1. The van der Waals surface area contributed by atoms with Gasteiger partial charge in [-0.1, -0.05) is 6.07 Å². The van der Waals surface area contributed by atoms with Gasteiger partial charge in [0.1, 0.15) is 0 Å². The lowest BCUT2D eigenvalue weighted by Crippen LogP contribution is -2.26. The van der Waals surface area contributed by atoms with E-state index in [4.69, 9.17) is 5.73 Å². The van der Waals surface area contributed by atoms with Crippen molar-refractivity contribution in [1.82, 2.24) is 5.32 Å². The first-order valence-corrected chi connectivity index (χ1v) is 9.29. The van der Waals surface area contributed by atoms with Gasteiger partial charge >= 0.3 is 0 Å². The Morgan fingerprint density at radius 3 is 2.48 bits per heavy atom. The molecule has 138 valence electrons. The Labute approximate surface area is 161 Å². The summed E-state index contributed by atoms with van der Waals surface area (Å²) < 4.78 is 0. The fraction of sp³-hybridized carbons (Fsp3) is 0.100. The molecule has 2 amide bonds. The molecule has 5 N–H and O–H groups in total. The Morgan fingerprint density at radius 1 is 1.04 bits per heavy atom. The molecule has 3 aromatic rings. The van der Waals surface area contributed by atoms with Crippen LogP contribution < -0.4 is 21.7 Å². The number of rotatable bonds is 6. The van der Waals surface area contributed by atoms with Crippen molar-refractivity contribution in [3.05, 3.63) is 64.9 Å². The van der Waals surface area contributed by atoms with E-state index in [0.29, 0.717) is 16.9 Å². The first-order chi connectivity index (χ1) is 13.1. The van der Waals surface area contributed by atoms with E-state index in [1.54, 1.807) is 48.7 Å². The van der Waals surface area contributed by atoms with Crippen molar-refractivity contribution in [2.45, 2.75) is 0 Å². The van der Waals surface area contributed by atoms with Crippen molar-refractivity contribution >= 4 is 40.2 Å². The number of benzene rings is 2. The van der Waals surface area contributed by atoms with Crippen LogP contribution in [-0.2, 0) is 4.79 Å². The predicted octanol–water partition coefficient (Wildman–Crippen LogP) is 3.41. The highest BCUT2D eigenvalue weighted by Gasteiger charge is 2.10. The first-order valence-electron chi connectivity index (χ1n) is 8.35. The van der Waals surface area contributed by atoms with Crippen LogP contribution in [0.25, 0.3) is 11.1 Å². The van der Waals surface area contributed by atoms with Crippen LogP contribution in [0.5, 0.6) is 0 Å². The molecule has 7 heteroatoms. The summed E-state index contributed by atoms with van der Waals surface area (Å²) in [4.78, 5) is 23.8. The molecular formula is C20H20N4O2S. The molecule has 27 heavy (non-hydrogen) atoms. The zero-order valence-electron chi connectivity index (χ0n) is 14.8. The van der Waals surface area contributed by atoms with Crippen LogP contribution in [-0.4, -0.2) is 25.4 Å². The number of nitrogens with two attached hydrogens (primary N) is 1. The third-order valence-electron chi connectivity index (χ3n) is 4.03. The Morgan fingerprint density at radius 2 is 1.81 bits per heavy atom. The molecule has 0 unspecified atom stereocenters. The predicted molar refractivity (Wildman–Crippen MR) is 111 cm³/mol. The van der Waals surface area contributed by atoms with Gasteiger partial charge in [0.2, 0.25) is 5.91 Å². The number of hydrogen-bond acceptors (Lipinski definition) is 5. The lowest BCUT2D eigenvalue weighted by Gasteiger charge is -2.11. The van der Waals surface area contributed by atoms with E-state index in [-0.39, 0.29) is 18.4 Å². The molecule has 0 saturated heterocycles. The van der Waals surface area contributed by atoms with Crippen molar-refractivity contribution in [3.63, 3.8) is 0 Å². The molecule has 0 atom stereocenters. The van der Waals surface area contributed by atoms with Crippen LogP contribution in [0.4, 0.5) is 17.1 Å². The maximum Gasteiger partial charge on any atom is 0.255 e. The highest BCUT2D eigenvalue weighted by molar-refractivity contribution is 7.08. The number of carbonyl (C=O) groups excluding carboxylic acids is 2. The molecule has 0 fully saturated rings. The van der Waals surface area contributed by atoms with E-state index in [1.165, 1.54) is 0 Å². The molecule has 0 bridgehead atoms. The van der Waals surface area contributed by atoms with Gasteiger partial charge in [0.25, 0.3) is 5.91 Å². The van der Waals surface area contributed by atoms with Gasteiger partial charge in [0.15, 0.2) is 0 Å². The summed E-state index contributed by atoms with van der Waals surface area (Å²) in [5, 5.41) is 12.4. The molecular weight excluding hydrogens is 360 g/mol. The number of likely N-dealkylation sites (N-methyl/N-ethyl adjacent to an activating group) is 1. The summed E-state index contributed by atoms with van der Waals surface area (Å²) >= 11 is 1.61. The number of thiophene rings is 1. The summed E-state index contributed by atoms with van der Waals surface area (Å²) in [5.74, 6) is -0.361. The summed E-state index contributed by atoms with van der Waals surface area (Å²) in [5.41, 5.74) is 10.4. The van der Waals surface area contributed by atoms with E-state index in [0.717, 1.165) is 16.8 Å². The summed E-state index contributed by atoms with van der Waals surface area (Å²) in [6.07, 6.45) is 0. The molecule has 0 aliphatic carbocycles. The summed E-state index contributed by atoms with van der Waals surface area (Å²) in [7, 11) is 1.58. The SMILES string of the molecule is CNC(=O)CNc1ccc(C(=O)Nc2cc(-c3ccsc3)ccc2N)cc1. The van der Waals surface area contributed by atoms with Crippen LogP contribution in [0.2, 0.25) is 0 Å². The first kappa shape index (κ1) is 18.5. The maximum absolute atomic E-state index is 12.5. The summed E-state index contributed by atoms with van der Waals surface area (Å²) in [6.45, 7) is 0.175. The second kappa shape index (κ2) is 8.37. The number of hydrogen-bond donors (Lipinski definition) is 4. The van der Waals surface area contributed by atoms with Gasteiger partial charge in [0, 0.05) is 18.3 Å². The van der Waals surface area contributed by atoms with Crippen LogP contribution >= 0.6 is 11.3 Å². The molecule has 1 heterocycles. The van der Waals surface area contributed by atoms with Crippen molar-refractivity contribution in [3.8, 4) is 11.1 Å². The zero-order chi connectivity index (χ0) is 19.2. The molecule has 0 aliphatic heterocycles. The molecule has 0 aliphatic rings. The largest absolute Gasteiger partial charge is 0.397 e. The molecule has 3 rings (SSSR count). The molecule has 0 saturated carbocycles. The van der Waals surface area contributed by atoms with Crippen LogP contribution in [0, 0.1) is 0 Å². The minimum Gasteiger partial charge on any atom is -0.397 e. The standard InChI is InChI=1S/C20H20N4O2S/c1-22-19(25)11-23-16-5-2-13(3-6-16)20(26)24-18-10-14(4-7-17(18)21)15-8-9-27-12-15/h2-10,12,23H,11,21H2,1H3,(H,22,25)(H,24,26). The topological polar surface area (TPSA) is 96.2 Å². The van der Waals surface area contributed by atoms with Gasteiger partial charge in [-0.3, -0.25) is 9.59 Å². The number of carbonyl (C=O) groups is 2. The van der Waals surface area contributed by atoms with Crippen molar-refractivity contribution in [2.75, 3.05) is 30.0 Å². The highest BCUT2D eigenvalue weighted by Crippen LogP contribution is 2.29. The second-order valence-electron chi connectivity index (χ2n) is 5.87. The van der Waals surface area contributed by atoms with Gasteiger partial charge in [-0.25, -0.2) is 0 Å². The van der Waals surface area contributed by atoms with E-state index in [2.05, 4.69) is 16.0 Å². The minimum atomic E-state index is -0.248. The van der Waals surface area contributed by atoms with E-state index in [9.17, 15) is 9.59 Å². The maximum atomic E-state index is 12.5. The fourth-order valence-electron chi connectivity index (χ4n) is 2.48. The van der Waals surface area contributed by atoms with Crippen LogP contribution in [0.3, 0.4) is 0 Å². The Hall–Kier alpha value is -3.32. The number of nitrogen functional groups attached to an aromatic ring is 1. The number of amides is 2.